The SMILES string of the molecule is CCOC(=O)C1=C(CN2CCC(C)CC2)NC(=O)N[C@H]1c1ccccc1. The average Bonchev–Trinajstić information content (AvgIpc) is 2.64. The Morgan fingerprint density at radius 2 is 1.92 bits per heavy atom. The Hall–Kier alpha value is -2.34. The summed E-state index contributed by atoms with van der Waals surface area (Å²) in [6.45, 7) is 6.85. The number of nitrogens with one attached hydrogen (secondary N) is 2. The molecule has 2 aliphatic rings. The van der Waals surface area contributed by atoms with Crippen LogP contribution in [0.3, 0.4) is 0 Å². The molecule has 1 atom stereocenters. The summed E-state index contributed by atoms with van der Waals surface area (Å²) in [7, 11) is 0. The van der Waals surface area contributed by atoms with Crippen LogP contribution in [-0.2, 0) is 9.53 Å². The predicted octanol–water partition coefficient (Wildman–Crippen LogP) is 2.59. The van der Waals surface area contributed by atoms with Crippen LogP contribution >= 0.6 is 0 Å². The third-order valence-electron chi connectivity index (χ3n) is 5.04. The Balaban J connectivity index is 1.93. The summed E-state index contributed by atoms with van der Waals surface area (Å²) < 4.78 is 5.30. The number of urea groups is 1. The van der Waals surface area contributed by atoms with Crippen molar-refractivity contribution in [3.63, 3.8) is 0 Å². The number of rotatable bonds is 5. The molecule has 1 fully saturated rings. The van der Waals surface area contributed by atoms with Crippen molar-refractivity contribution in [2.45, 2.75) is 32.7 Å². The number of carbonyl (C=O) groups excluding carboxylic acids is 2. The molecule has 3 rings (SSSR count). The van der Waals surface area contributed by atoms with Crippen molar-refractivity contribution < 1.29 is 14.3 Å². The van der Waals surface area contributed by atoms with Gasteiger partial charge in [-0.3, -0.25) is 4.90 Å². The van der Waals surface area contributed by atoms with E-state index in [0.717, 1.165) is 37.4 Å². The van der Waals surface area contributed by atoms with E-state index in [1.165, 1.54) is 0 Å². The van der Waals surface area contributed by atoms with Crippen LogP contribution in [0.25, 0.3) is 0 Å². The number of carbonyl (C=O) groups is 2. The zero-order chi connectivity index (χ0) is 18.5. The van der Waals surface area contributed by atoms with E-state index in [4.69, 9.17) is 4.74 Å². The number of amides is 2. The monoisotopic (exact) mass is 357 g/mol. The van der Waals surface area contributed by atoms with E-state index in [2.05, 4.69) is 22.5 Å². The van der Waals surface area contributed by atoms with Gasteiger partial charge in [0.05, 0.1) is 18.2 Å². The molecule has 26 heavy (non-hydrogen) atoms. The Morgan fingerprint density at radius 3 is 2.58 bits per heavy atom. The molecule has 2 N–H and O–H groups in total. The lowest BCUT2D eigenvalue weighted by atomic mass is 9.94. The van der Waals surface area contributed by atoms with Gasteiger partial charge >= 0.3 is 12.0 Å². The van der Waals surface area contributed by atoms with Gasteiger partial charge in [0.1, 0.15) is 0 Å². The highest BCUT2D eigenvalue weighted by molar-refractivity contribution is 5.95. The van der Waals surface area contributed by atoms with E-state index in [9.17, 15) is 9.59 Å². The van der Waals surface area contributed by atoms with Crippen molar-refractivity contribution in [3.05, 3.63) is 47.2 Å². The number of hydrogen-bond acceptors (Lipinski definition) is 4. The van der Waals surface area contributed by atoms with Crippen LogP contribution in [-0.4, -0.2) is 43.1 Å². The van der Waals surface area contributed by atoms with Gasteiger partial charge in [0, 0.05) is 12.2 Å². The van der Waals surface area contributed by atoms with Gasteiger partial charge in [-0.15, -0.1) is 0 Å². The largest absolute Gasteiger partial charge is 0.463 e. The van der Waals surface area contributed by atoms with Crippen molar-refractivity contribution in [1.29, 1.82) is 0 Å². The van der Waals surface area contributed by atoms with Gasteiger partial charge in [0.15, 0.2) is 0 Å². The van der Waals surface area contributed by atoms with Crippen LogP contribution in [0.5, 0.6) is 0 Å². The minimum Gasteiger partial charge on any atom is -0.463 e. The molecular weight excluding hydrogens is 330 g/mol. The lowest BCUT2D eigenvalue weighted by Crippen LogP contribution is -2.49. The minimum absolute atomic E-state index is 0.285. The quantitative estimate of drug-likeness (QED) is 0.795. The van der Waals surface area contributed by atoms with Gasteiger partial charge < -0.3 is 15.4 Å². The maximum atomic E-state index is 12.7. The van der Waals surface area contributed by atoms with Gasteiger partial charge in [0.2, 0.25) is 0 Å². The van der Waals surface area contributed by atoms with Crippen molar-refractivity contribution in [2.24, 2.45) is 5.92 Å². The standard InChI is InChI=1S/C20H27N3O3/c1-3-26-19(24)17-16(13-23-11-9-14(2)10-12-23)21-20(25)22-18(17)15-7-5-4-6-8-15/h4-8,14,18H,3,9-13H2,1-2H3,(H2,21,22,25)/t18-/m0/s1. The predicted molar refractivity (Wildman–Crippen MR) is 99.3 cm³/mol. The second kappa shape index (κ2) is 8.36. The second-order valence-electron chi connectivity index (χ2n) is 7.01. The number of hydrogen-bond donors (Lipinski definition) is 2. The van der Waals surface area contributed by atoms with E-state index in [1.54, 1.807) is 6.92 Å². The first kappa shape index (κ1) is 18.5. The second-order valence-corrected chi connectivity index (χ2v) is 7.01. The van der Waals surface area contributed by atoms with E-state index in [-0.39, 0.29) is 12.0 Å². The molecule has 1 aromatic carbocycles. The lowest BCUT2D eigenvalue weighted by Gasteiger charge is -2.34. The van der Waals surface area contributed by atoms with Crippen LogP contribution in [0.1, 0.15) is 38.3 Å². The maximum Gasteiger partial charge on any atom is 0.338 e. The van der Waals surface area contributed by atoms with E-state index in [1.807, 2.05) is 30.3 Å². The van der Waals surface area contributed by atoms with Crippen LogP contribution in [0.15, 0.2) is 41.6 Å². The Morgan fingerprint density at radius 1 is 1.23 bits per heavy atom. The average molecular weight is 357 g/mol. The fourth-order valence-corrected chi connectivity index (χ4v) is 3.53. The smallest absolute Gasteiger partial charge is 0.338 e. The Bertz CT molecular complexity index is 679. The summed E-state index contributed by atoms with van der Waals surface area (Å²) in [4.78, 5) is 27.2. The number of likely N-dealkylation sites (tertiary alicyclic amines) is 1. The summed E-state index contributed by atoms with van der Waals surface area (Å²) in [5.74, 6) is 0.346. The number of benzene rings is 1. The summed E-state index contributed by atoms with van der Waals surface area (Å²) in [6, 6.07) is 8.76. The van der Waals surface area contributed by atoms with Gasteiger partial charge in [0.25, 0.3) is 0 Å². The molecule has 0 radical (unpaired) electrons. The van der Waals surface area contributed by atoms with Crippen LogP contribution in [0.4, 0.5) is 4.79 Å². The molecule has 0 spiro atoms. The van der Waals surface area contributed by atoms with Crippen molar-refractivity contribution in [1.82, 2.24) is 15.5 Å². The normalized spacial score (nSPS) is 21.9. The lowest BCUT2D eigenvalue weighted by molar-refractivity contribution is -0.139. The molecule has 0 aromatic heterocycles. The topological polar surface area (TPSA) is 70.7 Å². The highest BCUT2D eigenvalue weighted by Crippen LogP contribution is 2.28. The molecule has 0 bridgehead atoms. The van der Waals surface area contributed by atoms with Crippen molar-refractivity contribution in [3.8, 4) is 0 Å². The first-order valence-electron chi connectivity index (χ1n) is 9.33. The Labute approximate surface area is 154 Å². The highest BCUT2D eigenvalue weighted by Gasteiger charge is 2.34. The van der Waals surface area contributed by atoms with Crippen molar-refractivity contribution >= 4 is 12.0 Å². The summed E-state index contributed by atoms with van der Waals surface area (Å²) in [6.07, 6.45) is 2.27. The zero-order valence-electron chi connectivity index (χ0n) is 15.5. The number of esters is 1. The van der Waals surface area contributed by atoms with Gasteiger partial charge in [-0.05, 0) is 44.3 Å². The van der Waals surface area contributed by atoms with Gasteiger partial charge in [-0.1, -0.05) is 37.3 Å². The molecule has 6 heteroatoms. The summed E-state index contributed by atoms with van der Waals surface area (Å²) >= 11 is 0. The van der Waals surface area contributed by atoms with E-state index < -0.39 is 6.04 Å². The molecule has 0 aliphatic carbocycles. The molecule has 2 amide bonds. The third kappa shape index (κ3) is 4.25. The molecular formula is C20H27N3O3. The van der Waals surface area contributed by atoms with Crippen molar-refractivity contribution in [2.75, 3.05) is 26.2 Å². The van der Waals surface area contributed by atoms with Crippen LogP contribution in [0.2, 0.25) is 0 Å². The first-order chi connectivity index (χ1) is 12.6. The highest BCUT2D eigenvalue weighted by atomic mass is 16.5. The van der Waals surface area contributed by atoms with Gasteiger partial charge in [-0.2, -0.15) is 0 Å². The molecule has 0 saturated carbocycles. The molecule has 140 valence electrons. The number of nitrogens with zero attached hydrogens (tertiary/aromatic N) is 1. The first-order valence-corrected chi connectivity index (χ1v) is 9.33. The summed E-state index contributed by atoms with van der Waals surface area (Å²) in [5.41, 5.74) is 2.02. The molecule has 0 unspecified atom stereocenters. The van der Waals surface area contributed by atoms with Crippen LogP contribution in [0, 0.1) is 5.92 Å². The minimum atomic E-state index is -0.497. The molecule has 1 aromatic rings. The fraction of sp³-hybridized carbons (Fsp3) is 0.500. The molecule has 1 saturated heterocycles. The molecule has 2 heterocycles. The Kier molecular flexibility index (Phi) is 5.93. The number of ether oxygens (including phenoxy) is 1. The summed E-state index contributed by atoms with van der Waals surface area (Å²) in [5, 5.41) is 5.72. The van der Waals surface area contributed by atoms with E-state index >= 15 is 0 Å². The van der Waals surface area contributed by atoms with E-state index in [0.29, 0.717) is 24.4 Å². The molecule has 2 aliphatic heterocycles. The zero-order valence-corrected chi connectivity index (χ0v) is 15.5. The van der Waals surface area contributed by atoms with Crippen LogP contribution < -0.4 is 10.6 Å². The van der Waals surface area contributed by atoms with Gasteiger partial charge in [-0.25, -0.2) is 9.59 Å². The fourth-order valence-electron chi connectivity index (χ4n) is 3.53. The molecule has 6 nitrogen and oxygen atoms in total. The number of piperidine rings is 1. The third-order valence-corrected chi connectivity index (χ3v) is 5.04. The maximum absolute atomic E-state index is 12.7.